The Kier molecular flexibility index (Phi) is 4.82. The van der Waals surface area contributed by atoms with Crippen molar-refractivity contribution in [2.24, 2.45) is 5.92 Å². The molecule has 1 saturated heterocycles. The molecule has 0 spiro atoms. The topological polar surface area (TPSA) is 33.1 Å². The smallest absolute Gasteiger partial charge is 0.107 e. The lowest BCUT2D eigenvalue weighted by molar-refractivity contribution is 0.312. The molecule has 1 atom stereocenters. The lowest BCUT2D eigenvalue weighted by Crippen LogP contribution is -2.27. The van der Waals surface area contributed by atoms with Gasteiger partial charge in [0.1, 0.15) is 5.69 Å². The van der Waals surface area contributed by atoms with Crippen molar-refractivity contribution in [2.75, 3.05) is 19.6 Å². The van der Waals surface area contributed by atoms with Gasteiger partial charge in [-0.2, -0.15) is 5.10 Å². The van der Waals surface area contributed by atoms with Gasteiger partial charge < -0.3 is 10.2 Å². The number of thiophene rings is 1. The van der Waals surface area contributed by atoms with Crippen LogP contribution in [0.1, 0.15) is 24.8 Å². The molecule has 2 fully saturated rings. The van der Waals surface area contributed by atoms with Crippen LogP contribution in [0.5, 0.6) is 0 Å². The normalized spacial score (nSPS) is 20.4. The maximum absolute atomic E-state index is 4.90. The third kappa shape index (κ3) is 3.86. The number of rotatable bonds is 7. The molecule has 0 bridgehead atoms. The molecule has 3 heterocycles. The fourth-order valence-corrected chi connectivity index (χ4v) is 4.83. The minimum Gasteiger partial charge on any atom is -0.312 e. The molecule has 2 aromatic heterocycles. The molecule has 3 aromatic rings. The number of likely N-dealkylation sites (tertiary alicyclic amines) is 1. The van der Waals surface area contributed by atoms with E-state index < -0.39 is 0 Å². The maximum Gasteiger partial charge on any atom is 0.107 e. The Labute approximate surface area is 164 Å². The van der Waals surface area contributed by atoms with Crippen molar-refractivity contribution in [2.45, 2.75) is 31.8 Å². The molecule has 1 aromatic carbocycles. The molecule has 2 aliphatic rings. The van der Waals surface area contributed by atoms with Crippen LogP contribution in [0.4, 0.5) is 0 Å². The van der Waals surface area contributed by atoms with E-state index in [1.165, 1.54) is 42.8 Å². The summed E-state index contributed by atoms with van der Waals surface area (Å²) in [4.78, 5) is 3.93. The summed E-state index contributed by atoms with van der Waals surface area (Å²) in [5.41, 5.74) is 3.49. The minimum atomic E-state index is 0.792. The lowest BCUT2D eigenvalue weighted by Gasteiger charge is -2.15. The second kappa shape index (κ2) is 7.58. The van der Waals surface area contributed by atoms with Gasteiger partial charge in [0.25, 0.3) is 0 Å². The Balaban J connectivity index is 1.28. The second-order valence-electron chi connectivity index (χ2n) is 7.77. The average molecular weight is 379 g/mol. The minimum absolute atomic E-state index is 0.792. The Hall–Kier alpha value is -1.95. The molecule has 5 rings (SSSR count). The van der Waals surface area contributed by atoms with Crippen LogP contribution in [0.2, 0.25) is 0 Å². The molecule has 1 N–H and O–H groups in total. The molecule has 1 unspecified atom stereocenters. The zero-order valence-corrected chi connectivity index (χ0v) is 16.4. The van der Waals surface area contributed by atoms with Gasteiger partial charge >= 0.3 is 0 Å². The van der Waals surface area contributed by atoms with Gasteiger partial charge in [-0.15, -0.1) is 11.3 Å². The monoisotopic (exact) mass is 378 g/mol. The second-order valence-corrected chi connectivity index (χ2v) is 8.72. The molecule has 4 nitrogen and oxygen atoms in total. The third-order valence-corrected chi connectivity index (χ3v) is 6.57. The highest BCUT2D eigenvalue weighted by Gasteiger charge is 2.34. The number of para-hydroxylation sites is 1. The van der Waals surface area contributed by atoms with E-state index >= 15 is 0 Å². The Morgan fingerprint density at radius 2 is 1.96 bits per heavy atom. The van der Waals surface area contributed by atoms with Gasteiger partial charge in [0.05, 0.1) is 10.6 Å². The molecule has 140 valence electrons. The molecular formula is C22H26N4S. The fraction of sp³-hybridized carbons (Fsp3) is 0.409. The van der Waals surface area contributed by atoms with Crippen LogP contribution in [0, 0.1) is 5.92 Å². The molecule has 27 heavy (non-hydrogen) atoms. The van der Waals surface area contributed by atoms with Crippen LogP contribution in [0.25, 0.3) is 16.3 Å². The summed E-state index contributed by atoms with van der Waals surface area (Å²) >= 11 is 1.76. The van der Waals surface area contributed by atoms with Crippen LogP contribution in [-0.2, 0) is 6.54 Å². The van der Waals surface area contributed by atoms with E-state index in [-0.39, 0.29) is 0 Å². The molecule has 1 aliphatic heterocycles. The van der Waals surface area contributed by atoms with Gasteiger partial charge in [-0.05, 0) is 61.8 Å². The SMILES string of the molecule is c1ccc(-n2cc(CNCC3CCN(C4CC4)C3)c(-c3cccs3)n2)cc1. The third-order valence-electron chi connectivity index (χ3n) is 5.69. The molecule has 1 saturated carbocycles. The summed E-state index contributed by atoms with van der Waals surface area (Å²) in [6.45, 7) is 4.55. The number of hydrogen-bond acceptors (Lipinski definition) is 4. The quantitative estimate of drug-likeness (QED) is 0.670. The van der Waals surface area contributed by atoms with E-state index in [0.717, 1.165) is 36.4 Å². The van der Waals surface area contributed by atoms with E-state index in [0.29, 0.717) is 0 Å². The number of hydrogen-bond donors (Lipinski definition) is 1. The van der Waals surface area contributed by atoms with Gasteiger partial charge in [0, 0.05) is 30.9 Å². The highest BCUT2D eigenvalue weighted by atomic mass is 32.1. The van der Waals surface area contributed by atoms with Crippen molar-refractivity contribution in [1.82, 2.24) is 20.0 Å². The van der Waals surface area contributed by atoms with E-state index in [9.17, 15) is 0 Å². The van der Waals surface area contributed by atoms with Crippen molar-refractivity contribution >= 4 is 11.3 Å². The largest absolute Gasteiger partial charge is 0.312 e. The Bertz CT molecular complexity index is 867. The summed E-state index contributed by atoms with van der Waals surface area (Å²) in [7, 11) is 0. The molecule has 0 amide bonds. The summed E-state index contributed by atoms with van der Waals surface area (Å²) in [5.74, 6) is 0.792. The summed E-state index contributed by atoms with van der Waals surface area (Å²) in [5, 5.41) is 10.7. The summed E-state index contributed by atoms with van der Waals surface area (Å²) < 4.78 is 2.01. The van der Waals surface area contributed by atoms with Crippen molar-refractivity contribution in [3.8, 4) is 16.3 Å². The first-order valence-electron chi connectivity index (χ1n) is 9.99. The van der Waals surface area contributed by atoms with Gasteiger partial charge in [0.15, 0.2) is 0 Å². The number of benzene rings is 1. The molecule has 0 radical (unpaired) electrons. The number of aromatic nitrogens is 2. The van der Waals surface area contributed by atoms with Gasteiger partial charge in [-0.3, -0.25) is 0 Å². The van der Waals surface area contributed by atoms with Crippen molar-refractivity contribution < 1.29 is 0 Å². The van der Waals surface area contributed by atoms with Crippen LogP contribution < -0.4 is 5.32 Å². The standard InChI is InChI=1S/C22H26N4S/c1-2-5-20(6-3-1)26-16-18(22(24-26)21-7-4-12-27-21)14-23-13-17-10-11-25(15-17)19-8-9-19/h1-7,12,16-17,19,23H,8-11,13-15H2. The first-order valence-corrected chi connectivity index (χ1v) is 10.9. The summed E-state index contributed by atoms with van der Waals surface area (Å²) in [6, 6.07) is 15.5. The van der Waals surface area contributed by atoms with Crippen molar-refractivity contribution in [1.29, 1.82) is 0 Å². The first-order chi connectivity index (χ1) is 13.4. The van der Waals surface area contributed by atoms with E-state index in [2.05, 4.69) is 58.2 Å². The van der Waals surface area contributed by atoms with Crippen LogP contribution in [0.3, 0.4) is 0 Å². The van der Waals surface area contributed by atoms with Crippen LogP contribution >= 0.6 is 11.3 Å². The molecule has 1 aliphatic carbocycles. The zero-order chi connectivity index (χ0) is 18.1. The van der Waals surface area contributed by atoms with Crippen molar-refractivity contribution in [3.05, 3.63) is 59.6 Å². The van der Waals surface area contributed by atoms with Gasteiger partial charge in [0.2, 0.25) is 0 Å². The average Bonchev–Trinajstić information content (AvgIpc) is 3.12. The maximum atomic E-state index is 4.90. The highest BCUT2D eigenvalue weighted by Crippen LogP contribution is 2.32. The number of nitrogens with zero attached hydrogens (tertiary/aromatic N) is 3. The predicted molar refractivity (Wildman–Crippen MR) is 111 cm³/mol. The van der Waals surface area contributed by atoms with Gasteiger partial charge in [-0.25, -0.2) is 4.68 Å². The number of nitrogens with one attached hydrogen (secondary N) is 1. The zero-order valence-electron chi connectivity index (χ0n) is 15.6. The Morgan fingerprint density at radius 3 is 2.74 bits per heavy atom. The van der Waals surface area contributed by atoms with Crippen LogP contribution in [0.15, 0.2) is 54.0 Å². The lowest BCUT2D eigenvalue weighted by atomic mass is 10.1. The van der Waals surface area contributed by atoms with E-state index in [4.69, 9.17) is 5.10 Å². The Morgan fingerprint density at radius 1 is 1.07 bits per heavy atom. The van der Waals surface area contributed by atoms with Crippen LogP contribution in [-0.4, -0.2) is 40.4 Å². The summed E-state index contributed by atoms with van der Waals surface area (Å²) in [6.07, 6.45) is 6.36. The molecular weight excluding hydrogens is 352 g/mol. The van der Waals surface area contributed by atoms with Gasteiger partial charge in [-0.1, -0.05) is 24.3 Å². The van der Waals surface area contributed by atoms with Crippen molar-refractivity contribution in [3.63, 3.8) is 0 Å². The predicted octanol–water partition coefficient (Wildman–Crippen LogP) is 4.17. The van der Waals surface area contributed by atoms with E-state index in [1.54, 1.807) is 11.3 Å². The molecule has 5 heteroatoms. The van der Waals surface area contributed by atoms with E-state index in [1.807, 2.05) is 10.7 Å². The highest BCUT2D eigenvalue weighted by molar-refractivity contribution is 7.13. The first kappa shape index (κ1) is 17.2. The fourth-order valence-electron chi connectivity index (χ4n) is 4.08.